The lowest BCUT2D eigenvalue weighted by molar-refractivity contribution is -0.0551. The van der Waals surface area contributed by atoms with E-state index in [1.165, 1.54) is 13.3 Å². The molecular weight excluding hydrogens is 256 g/mol. The number of ether oxygens (including phenoxy) is 2. The van der Waals surface area contributed by atoms with E-state index in [-0.39, 0.29) is 5.88 Å². The van der Waals surface area contributed by atoms with Crippen LogP contribution in [0.1, 0.15) is 11.8 Å². The first-order valence-corrected chi connectivity index (χ1v) is 5.75. The number of rotatable bonds is 3. The van der Waals surface area contributed by atoms with Crippen molar-refractivity contribution in [2.75, 3.05) is 13.7 Å². The minimum atomic E-state index is -1.32. The molecule has 2 rings (SSSR count). The van der Waals surface area contributed by atoms with Gasteiger partial charge in [0.05, 0.1) is 13.7 Å². The summed E-state index contributed by atoms with van der Waals surface area (Å²) >= 11 is 0. The molecule has 2 heterocycles. The molecule has 0 saturated carbocycles. The lowest BCUT2D eigenvalue weighted by atomic mass is 10.1. The molecule has 106 valence electrons. The van der Waals surface area contributed by atoms with Crippen LogP contribution in [0.15, 0.2) is 11.0 Å². The van der Waals surface area contributed by atoms with E-state index in [9.17, 15) is 15.0 Å². The van der Waals surface area contributed by atoms with Crippen LogP contribution >= 0.6 is 0 Å². The van der Waals surface area contributed by atoms with E-state index in [0.717, 1.165) is 4.57 Å². The first kappa shape index (κ1) is 13.9. The smallest absolute Gasteiger partial charge is 0.353 e. The quantitative estimate of drug-likeness (QED) is 0.593. The van der Waals surface area contributed by atoms with E-state index in [4.69, 9.17) is 14.6 Å². The highest BCUT2D eigenvalue weighted by molar-refractivity contribution is 5.20. The van der Waals surface area contributed by atoms with Gasteiger partial charge < -0.3 is 24.8 Å². The number of hydrogen-bond acceptors (Lipinski definition) is 7. The minimum Gasteiger partial charge on any atom is -0.481 e. The van der Waals surface area contributed by atoms with Crippen molar-refractivity contribution in [1.82, 2.24) is 9.55 Å². The summed E-state index contributed by atoms with van der Waals surface area (Å²) < 4.78 is 11.3. The van der Waals surface area contributed by atoms with Gasteiger partial charge in [0.25, 0.3) is 0 Å². The summed E-state index contributed by atoms with van der Waals surface area (Å²) in [7, 11) is 1.39. The summed E-state index contributed by atoms with van der Waals surface area (Å²) in [6, 6.07) is 0. The molecule has 19 heavy (non-hydrogen) atoms. The van der Waals surface area contributed by atoms with E-state index in [1.807, 2.05) is 0 Å². The van der Waals surface area contributed by atoms with Crippen LogP contribution in [-0.2, 0) is 4.74 Å². The Morgan fingerprint density at radius 1 is 1.47 bits per heavy atom. The Labute approximate surface area is 108 Å². The first-order chi connectivity index (χ1) is 8.99. The number of methoxy groups -OCH3 is 1. The van der Waals surface area contributed by atoms with E-state index in [2.05, 4.69) is 4.98 Å². The second kappa shape index (κ2) is 5.25. The van der Waals surface area contributed by atoms with Crippen molar-refractivity contribution >= 4 is 0 Å². The molecule has 0 bridgehead atoms. The molecule has 0 aromatic carbocycles. The second-order valence-electron chi connectivity index (χ2n) is 4.35. The summed E-state index contributed by atoms with van der Waals surface area (Å²) in [5.74, 6) is 0.188. The number of aryl methyl sites for hydroxylation is 1. The zero-order valence-corrected chi connectivity index (χ0v) is 10.6. The van der Waals surface area contributed by atoms with Crippen molar-refractivity contribution in [3.05, 3.63) is 22.2 Å². The lowest BCUT2D eigenvalue weighted by Gasteiger charge is -2.18. The number of hydrogen-bond donors (Lipinski definition) is 3. The molecule has 0 unspecified atom stereocenters. The Balaban J connectivity index is 2.38. The van der Waals surface area contributed by atoms with Crippen molar-refractivity contribution in [3.63, 3.8) is 0 Å². The Kier molecular flexibility index (Phi) is 3.85. The van der Waals surface area contributed by atoms with Gasteiger partial charge in [-0.3, -0.25) is 4.57 Å². The zero-order valence-electron chi connectivity index (χ0n) is 10.6. The molecule has 1 aromatic rings. The molecule has 1 aliphatic rings. The Morgan fingerprint density at radius 2 is 2.16 bits per heavy atom. The molecule has 8 nitrogen and oxygen atoms in total. The van der Waals surface area contributed by atoms with Crippen molar-refractivity contribution in [2.24, 2.45) is 0 Å². The monoisotopic (exact) mass is 272 g/mol. The highest BCUT2D eigenvalue weighted by Gasteiger charge is 2.43. The van der Waals surface area contributed by atoms with Gasteiger partial charge >= 0.3 is 5.69 Å². The molecule has 1 saturated heterocycles. The summed E-state index contributed by atoms with van der Waals surface area (Å²) in [4.78, 5) is 15.5. The molecular formula is C11H16N2O6. The van der Waals surface area contributed by atoms with Crippen molar-refractivity contribution in [3.8, 4) is 5.88 Å². The van der Waals surface area contributed by atoms with Crippen LogP contribution in [0.3, 0.4) is 0 Å². The predicted molar refractivity (Wildman–Crippen MR) is 62.8 cm³/mol. The van der Waals surface area contributed by atoms with Crippen molar-refractivity contribution < 1.29 is 24.8 Å². The van der Waals surface area contributed by atoms with Crippen LogP contribution in [0, 0.1) is 6.92 Å². The minimum absolute atomic E-state index is 0.188. The molecule has 1 aliphatic heterocycles. The van der Waals surface area contributed by atoms with Crippen LogP contribution in [0.4, 0.5) is 0 Å². The third-order valence-corrected chi connectivity index (χ3v) is 3.07. The molecule has 0 spiro atoms. The number of aromatic nitrogens is 2. The Morgan fingerprint density at radius 3 is 2.68 bits per heavy atom. The van der Waals surface area contributed by atoms with Gasteiger partial charge in [-0.15, -0.1) is 0 Å². The fraction of sp³-hybridized carbons (Fsp3) is 0.636. The molecule has 4 atom stereocenters. The van der Waals surface area contributed by atoms with Gasteiger partial charge in [-0.2, -0.15) is 4.98 Å². The van der Waals surface area contributed by atoms with Crippen LogP contribution in [0.2, 0.25) is 0 Å². The zero-order chi connectivity index (χ0) is 14.2. The summed E-state index contributed by atoms with van der Waals surface area (Å²) in [6.45, 7) is 1.23. The van der Waals surface area contributed by atoms with Gasteiger partial charge in [-0.25, -0.2) is 4.79 Å². The van der Waals surface area contributed by atoms with E-state index < -0.39 is 36.8 Å². The maximum atomic E-state index is 11.8. The van der Waals surface area contributed by atoms with E-state index >= 15 is 0 Å². The molecule has 0 aliphatic carbocycles. The molecule has 1 aromatic heterocycles. The van der Waals surface area contributed by atoms with Gasteiger partial charge in [0.1, 0.15) is 18.3 Å². The molecule has 1 fully saturated rings. The third-order valence-electron chi connectivity index (χ3n) is 3.07. The summed E-state index contributed by atoms with van der Waals surface area (Å²) in [6.07, 6.45) is -3.17. The lowest BCUT2D eigenvalue weighted by Crippen LogP contribution is -2.36. The SMILES string of the molecule is COc1nc(=O)n([C@H]2O[C@@H](CO)[C@@H](O)[C@H]2O)cc1C. The number of nitrogens with zero attached hydrogens (tertiary/aromatic N) is 2. The van der Waals surface area contributed by atoms with Crippen LogP contribution < -0.4 is 10.4 Å². The van der Waals surface area contributed by atoms with Gasteiger partial charge in [0.15, 0.2) is 6.23 Å². The molecule has 0 radical (unpaired) electrons. The highest BCUT2D eigenvalue weighted by Crippen LogP contribution is 2.28. The van der Waals surface area contributed by atoms with Gasteiger partial charge in [0, 0.05) is 11.8 Å². The maximum absolute atomic E-state index is 11.8. The molecule has 8 heteroatoms. The van der Waals surface area contributed by atoms with Crippen LogP contribution in [-0.4, -0.2) is 56.9 Å². The largest absolute Gasteiger partial charge is 0.481 e. The third kappa shape index (κ3) is 2.35. The van der Waals surface area contributed by atoms with E-state index in [1.54, 1.807) is 6.92 Å². The van der Waals surface area contributed by atoms with Gasteiger partial charge in [0.2, 0.25) is 5.88 Å². The highest BCUT2D eigenvalue weighted by atomic mass is 16.6. The van der Waals surface area contributed by atoms with Crippen molar-refractivity contribution in [1.29, 1.82) is 0 Å². The molecule has 0 amide bonds. The Bertz CT molecular complexity index is 516. The van der Waals surface area contributed by atoms with Crippen LogP contribution in [0.25, 0.3) is 0 Å². The standard InChI is InChI=1S/C11H16N2O6/c1-5-3-13(11(17)12-9(5)18-2)10-8(16)7(15)6(4-14)19-10/h3,6-8,10,14-16H,4H2,1-2H3/t6-,7+,8+,10-/m0/s1. The summed E-state index contributed by atoms with van der Waals surface area (Å²) in [5, 5.41) is 28.5. The van der Waals surface area contributed by atoms with Gasteiger partial charge in [-0.05, 0) is 6.92 Å². The summed E-state index contributed by atoms with van der Waals surface area (Å²) in [5.41, 5.74) is -0.0860. The van der Waals surface area contributed by atoms with E-state index in [0.29, 0.717) is 5.56 Å². The fourth-order valence-corrected chi connectivity index (χ4v) is 2.05. The second-order valence-corrected chi connectivity index (χ2v) is 4.35. The first-order valence-electron chi connectivity index (χ1n) is 5.75. The average Bonchev–Trinajstić information content (AvgIpc) is 2.68. The van der Waals surface area contributed by atoms with Crippen LogP contribution in [0.5, 0.6) is 5.88 Å². The fourth-order valence-electron chi connectivity index (χ4n) is 2.05. The van der Waals surface area contributed by atoms with Gasteiger partial charge in [-0.1, -0.05) is 0 Å². The maximum Gasteiger partial charge on any atom is 0.353 e. The Hall–Kier alpha value is -1.48. The number of aliphatic hydroxyl groups is 3. The number of aliphatic hydroxyl groups excluding tert-OH is 3. The molecule has 3 N–H and O–H groups in total. The predicted octanol–water partition coefficient (Wildman–Crippen LogP) is -1.83. The average molecular weight is 272 g/mol. The normalized spacial score (nSPS) is 30.6. The van der Waals surface area contributed by atoms with Crippen molar-refractivity contribution in [2.45, 2.75) is 31.5 Å². The topological polar surface area (TPSA) is 114 Å².